The molecule has 5 rings (SSSR count). The number of carbonyl (C=O) groups excluding carboxylic acids is 2. The summed E-state index contributed by atoms with van der Waals surface area (Å²) in [5, 5.41) is 10.3. The lowest BCUT2D eigenvalue weighted by Crippen LogP contribution is -2.50. The van der Waals surface area contributed by atoms with Crippen molar-refractivity contribution in [2.24, 2.45) is 0 Å². The lowest BCUT2D eigenvalue weighted by atomic mass is 9.89. The summed E-state index contributed by atoms with van der Waals surface area (Å²) in [6.45, 7) is 1.36. The van der Waals surface area contributed by atoms with Crippen LogP contribution in [-0.4, -0.2) is 52.7 Å². The Bertz CT molecular complexity index is 1110. The Morgan fingerprint density at radius 1 is 1.13 bits per heavy atom. The number of amides is 2. The van der Waals surface area contributed by atoms with E-state index in [-0.39, 0.29) is 24.5 Å². The van der Waals surface area contributed by atoms with Gasteiger partial charge in [-0.3, -0.25) is 14.7 Å². The predicted octanol–water partition coefficient (Wildman–Crippen LogP) is 2.33. The maximum Gasteiger partial charge on any atom is 0.269 e. The normalized spacial score (nSPS) is 17.7. The van der Waals surface area contributed by atoms with Gasteiger partial charge in [0.05, 0.1) is 11.8 Å². The Morgan fingerprint density at radius 2 is 1.94 bits per heavy atom. The minimum atomic E-state index is -0.246. The van der Waals surface area contributed by atoms with E-state index >= 15 is 0 Å². The summed E-state index contributed by atoms with van der Waals surface area (Å²) in [6, 6.07) is 18.0. The molecule has 1 aliphatic carbocycles. The number of hydrogen-bond donors (Lipinski definition) is 2. The number of fused-ring (bicyclic) bond motifs is 3. The third kappa shape index (κ3) is 3.96. The average molecular weight is 416 g/mol. The molecule has 1 aliphatic heterocycles. The van der Waals surface area contributed by atoms with Crippen LogP contribution in [0.25, 0.3) is 11.3 Å². The lowest BCUT2D eigenvalue weighted by molar-refractivity contribution is -0.149. The Kier molecular flexibility index (Phi) is 5.26. The van der Waals surface area contributed by atoms with Gasteiger partial charge in [-0.1, -0.05) is 54.6 Å². The summed E-state index contributed by atoms with van der Waals surface area (Å²) < 4.78 is 5.65. The number of nitrogens with zero attached hydrogens (tertiary/aromatic N) is 2. The lowest BCUT2D eigenvalue weighted by Gasteiger charge is -2.33. The van der Waals surface area contributed by atoms with Crippen molar-refractivity contribution in [1.82, 2.24) is 20.4 Å². The van der Waals surface area contributed by atoms with Crippen molar-refractivity contribution in [2.45, 2.75) is 25.5 Å². The van der Waals surface area contributed by atoms with Crippen LogP contribution >= 0.6 is 0 Å². The molecule has 0 radical (unpaired) electrons. The van der Waals surface area contributed by atoms with E-state index in [1.54, 1.807) is 4.90 Å². The molecule has 31 heavy (non-hydrogen) atoms. The topological polar surface area (TPSA) is 87.3 Å². The quantitative estimate of drug-likeness (QED) is 0.668. The highest BCUT2D eigenvalue weighted by Crippen LogP contribution is 2.33. The first-order valence-corrected chi connectivity index (χ1v) is 10.6. The molecule has 7 heteroatoms. The monoisotopic (exact) mass is 416 g/mol. The summed E-state index contributed by atoms with van der Waals surface area (Å²) in [6.07, 6.45) is 1.43. The van der Waals surface area contributed by atoms with E-state index in [4.69, 9.17) is 4.74 Å². The van der Waals surface area contributed by atoms with Crippen LogP contribution in [0.5, 0.6) is 0 Å². The van der Waals surface area contributed by atoms with Crippen LogP contribution < -0.4 is 5.32 Å². The number of morpholine rings is 1. The maximum atomic E-state index is 12.9. The number of rotatable bonds is 5. The molecule has 3 aromatic rings. The van der Waals surface area contributed by atoms with E-state index in [0.29, 0.717) is 25.3 Å². The molecule has 2 aromatic carbocycles. The minimum Gasteiger partial charge on any atom is -0.365 e. The second-order valence-corrected chi connectivity index (χ2v) is 7.99. The molecule has 1 fully saturated rings. The maximum absolute atomic E-state index is 12.9. The van der Waals surface area contributed by atoms with Gasteiger partial charge < -0.3 is 15.0 Å². The summed E-state index contributed by atoms with van der Waals surface area (Å²) >= 11 is 0. The van der Waals surface area contributed by atoms with Crippen LogP contribution in [0.1, 0.15) is 27.2 Å². The average Bonchev–Trinajstić information content (AvgIpc) is 3.25. The van der Waals surface area contributed by atoms with Crippen molar-refractivity contribution in [3.63, 3.8) is 0 Å². The number of carbonyl (C=O) groups is 2. The first-order valence-electron chi connectivity index (χ1n) is 10.6. The van der Waals surface area contributed by atoms with Crippen LogP contribution in [0.2, 0.25) is 0 Å². The van der Waals surface area contributed by atoms with Gasteiger partial charge in [-0.25, -0.2) is 0 Å². The highest BCUT2D eigenvalue weighted by Gasteiger charge is 2.28. The van der Waals surface area contributed by atoms with Crippen molar-refractivity contribution in [3.05, 3.63) is 77.0 Å². The fraction of sp³-hybridized carbons (Fsp3) is 0.292. The van der Waals surface area contributed by atoms with Crippen molar-refractivity contribution in [2.75, 3.05) is 19.7 Å². The van der Waals surface area contributed by atoms with Gasteiger partial charge in [0.15, 0.2) is 0 Å². The summed E-state index contributed by atoms with van der Waals surface area (Å²) in [7, 11) is 0. The highest BCUT2D eigenvalue weighted by atomic mass is 16.5. The number of H-pyrrole nitrogens is 1. The van der Waals surface area contributed by atoms with Crippen LogP contribution in [0.3, 0.4) is 0 Å². The van der Waals surface area contributed by atoms with Crippen molar-refractivity contribution >= 4 is 11.8 Å². The molecular weight excluding hydrogens is 392 g/mol. The van der Waals surface area contributed by atoms with Crippen LogP contribution in [-0.2, 0) is 28.9 Å². The van der Waals surface area contributed by atoms with Gasteiger partial charge in [0, 0.05) is 30.8 Å². The minimum absolute atomic E-state index is 0.0314. The second-order valence-electron chi connectivity index (χ2n) is 7.99. The predicted molar refractivity (Wildman–Crippen MR) is 115 cm³/mol. The Hall–Kier alpha value is -3.45. The summed E-state index contributed by atoms with van der Waals surface area (Å²) in [5.41, 5.74) is 5.75. The zero-order valence-electron chi connectivity index (χ0n) is 17.1. The van der Waals surface area contributed by atoms with Crippen molar-refractivity contribution in [3.8, 4) is 11.3 Å². The summed E-state index contributed by atoms with van der Waals surface area (Å²) in [5.74, 6) is -0.226. The molecule has 1 saturated heterocycles. The number of aromatic nitrogens is 2. The molecule has 1 atom stereocenters. The van der Waals surface area contributed by atoms with E-state index in [0.717, 1.165) is 35.2 Å². The second kappa shape index (κ2) is 8.35. The third-order valence-corrected chi connectivity index (χ3v) is 5.94. The smallest absolute Gasteiger partial charge is 0.269 e. The molecule has 2 N–H and O–H groups in total. The molecule has 1 unspecified atom stereocenters. The van der Waals surface area contributed by atoms with Crippen LogP contribution in [0.4, 0.5) is 0 Å². The van der Waals surface area contributed by atoms with E-state index < -0.39 is 0 Å². The molecule has 0 spiro atoms. The molecule has 2 amide bonds. The first-order chi connectivity index (χ1) is 15.2. The van der Waals surface area contributed by atoms with Gasteiger partial charge in [0.25, 0.3) is 5.91 Å². The standard InChI is InChI=1S/C24H24N4O3/c29-21-15-31-18(14-28(21)13-16-6-2-1-3-7-16)12-25-24(30)23-20-11-10-17-8-4-5-9-19(17)22(20)26-27-23/h1-9,18H,10-15H2,(H,25,30)(H,26,27). The Balaban J connectivity index is 1.22. The molecule has 0 bridgehead atoms. The van der Waals surface area contributed by atoms with Crippen molar-refractivity contribution in [1.29, 1.82) is 0 Å². The summed E-state index contributed by atoms with van der Waals surface area (Å²) in [4.78, 5) is 26.9. The molecular formula is C24H24N4O3. The number of nitrogens with one attached hydrogen (secondary N) is 2. The van der Waals surface area contributed by atoms with Gasteiger partial charge >= 0.3 is 0 Å². The molecule has 7 nitrogen and oxygen atoms in total. The zero-order valence-corrected chi connectivity index (χ0v) is 17.1. The van der Waals surface area contributed by atoms with E-state index in [1.165, 1.54) is 5.56 Å². The molecule has 158 valence electrons. The molecule has 2 aliphatic rings. The van der Waals surface area contributed by atoms with Crippen molar-refractivity contribution < 1.29 is 14.3 Å². The van der Waals surface area contributed by atoms with E-state index in [9.17, 15) is 9.59 Å². The highest BCUT2D eigenvalue weighted by molar-refractivity contribution is 5.96. The van der Waals surface area contributed by atoms with Gasteiger partial charge in [-0.05, 0) is 24.0 Å². The number of ether oxygens (including phenoxy) is 1. The number of hydrogen-bond acceptors (Lipinski definition) is 4. The Morgan fingerprint density at radius 3 is 2.81 bits per heavy atom. The zero-order chi connectivity index (χ0) is 21.2. The van der Waals surface area contributed by atoms with Gasteiger partial charge in [0.2, 0.25) is 5.91 Å². The SMILES string of the molecule is O=C(NCC1CN(Cc2ccccc2)C(=O)CO1)c1[nH]nc2c1CCc1ccccc1-2. The molecule has 1 aromatic heterocycles. The fourth-order valence-electron chi connectivity index (χ4n) is 4.30. The number of aryl methyl sites for hydroxylation is 1. The third-order valence-electron chi connectivity index (χ3n) is 5.94. The fourth-order valence-corrected chi connectivity index (χ4v) is 4.30. The van der Waals surface area contributed by atoms with Gasteiger partial charge in [-0.2, -0.15) is 5.10 Å². The molecule has 0 saturated carbocycles. The number of benzene rings is 2. The van der Waals surface area contributed by atoms with Gasteiger partial charge in [-0.15, -0.1) is 0 Å². The van der Waals surface area contributed by atoms with Crippen LogP contribution in [0, 0.1) is 0 Å². The first kappa shape index (κ1) is 19.5. The largest absolute Gasteiger partial charge is 0.365 e. The Labute approximate surface area is 180 Å². The van der Waals surface area contributed by atoms with Crippen LogP contribution in [0.15, 0.2) is 54.6 Å². The number of aromatic amines is 1. The van der Waals surface area contributed by atoms with E-state index in [1.807, 2.05) is 48.5 Å². The van der Waals surface area contributed by atoms with E-state index in [2.05, 4.69) is 21.6 Å². The van der Waals surface area contributed by atoms with Gasteiger partial charge in [0.1, 0.15) is 12.3 Å². The molecule has 2 heterocycles.